The molecule has 2 N–H and O–H groups in total. The Bertz CT molecular complexity index is 1070. The number of nitrogens with zero attached hydrogens (tertiary/aromatic N) is 2. The molecule has 7 nitrogen and oxygen atoms in total. The van der Waals surface area contributed by atoms with Crippen LogP contribution in [0.1, 0.15) is 31.7 Å². The molecule has 3 rings (SSSR count). The van der Waals surface area contributed by atoms with Crippen LogP contribution < -0.4 is 5.32 Å². The molecule has 9 heteroatoms. The van der Waals surface area contributed by atoms with E-state index in [1.165, 1.54) is 31.8 Å². The number of aryl methyl sites for hydroxylation is 1. The van der Waals surface area contributed by atoms with Crippen LogP contribution in [0.5, 0.6) is 5.75 Å². The van der Waals surface area contributed by atoms with Crippen LogP contribution in [0.2, 0.25) is 5.02 Å². The predicted octanol–water partition coefficient (Wildman–Crippen LogP) is 3.97. The van der Waals surface area contributed by atoms with Crippen molar-refractivity contribution in [1.29, 1.82) is 0 Å². The Morgan fingerprint density at radius 2 is 1.82 bits per heavy atom. The molecular weight excluding hydrogens is 462 g/mol. The van der Waals surface area contributed by atoms with Gasteiger partial charge in [-0.2, -0.15) is 0 Å². The molecule has 1 fully saturated rings. The minimum atomic E-state index is -3.71. The molecule has 1 amide bonds. The highest BCUT2D eigenvalue weighted by Crippen LogP contribution is 2.28. The van der Waals surface area contributed by atoms with Crippen molar-refractivity contribution in [3.8, 4) is 5.75 Å². The minimum Gasteiger partial charge on any atom is -0.508 e. The first-order valence-electron chi connectivity index (χ1n) is 11.1. The zero-order valence-electron chi connectivity index (χ0n) is 19.3. The molecule has 1 heterocycles. The summed E-state index contributed by atoms with van der Waals surface area (Å²) in [5.41, 5.74) is 1.63. The van der Waals surface area contributed by atoms with Gasteiger partial charge in [0.05, 0.1) is 11.1 Å². The Morgan fingerprint density at radius 1 is 1.18 bits per heavy atom. The molecule has 33 heavy (non-hydrogen) atoms. The maximum Gasteiger partial charge on any atom is 0.244 e. The zero-order chi connectivity index (χ0) is 24.2. The summed E-state index contributed by atoms with van der Waals surface area (Å²) in [6.45, 7) is 3.56. The molecule has 0 spiro atoms. The van der Waals surface area contributed by atoms with E-state index in [1.807, 2.05) is 19.1 Å². The van der Waals surface area contributed by atoms with Crippen molar-refractivity contribution < 1.29 is 18.3 Å². The third kappa shape index (κ3) is 6.47. The van der Waals surface area contributed by atoms with E-state index in [9.17, 15) is 18.3 Å². The number of aromatic hydroxyl groups is 1. The Hall–Kier alpha value is -2.13. The summed E-state index contributed by atoms with van der Waals surface area (Å²) >= 11 is 6.09. The van der Waals surface area contributed by atoms with Crippen molar-refractivity contribution in [3.63, 3.8) is 0 Å². The highest BCUT2D eigenvalue weighted by molar-refractivity contribution is 7.89. The van der Waals surface area contributed by atoms with Crippen LogP contribution in [-0.2, 0) is 21.2 Å². The highest BCUT2D eigenvalue weighted by Gasteiger charge is 2.27. The van der Waals surface area contributed by atoms with E-state index in [2.05, 4.69) is 10.2 Å². The van der Waals surface area contributed by atoms with E-state index in [-0.39, 0.29) is 27.6 Å². The van der Waals surface area contributed by atoms with Crippen molar-refractivity contribution in [3.05, 3.63) is 53.1 Å². The van der Waals surface area contributed by atoms with Crippen molar-refractivity contribution in [2.45, 2.75) is 43.5 Å². The summed E-state index contributed by atoms with van der Waals surface area (Å²) in [7, 11) is -0.838. The number of piperidine rings is 1. The first-order chi connectivity index (χ1) is 15.6. The molecule has 1 unspecified atom stereocenters. The van der Waals surface area contributed by atoms with Crippen LogP contribution >= 0.6 is 11.6 Å². The number of phenolic OH excluding ortho intramolecular Hbond substituents is 1. The second-order valence-electron chi connectivity index (χ2n) is 8.78. The fourth-order valence-corrected chi connectivity index (χ4v) is 5.44. The van der Waals surface area contributed by atoms with E-state index in [0.717, 1.165) is 43.1 Å². The van der Waals surface area contributed by atoms with E-state index in [0.29, 0.717) is 11.6 Å². The van der Waals surface area contributed by atoms with Crippen LogP contribution in [-0.4, -0.2) is 61.9 Å². The lowest BCUT2D eigenvalue weighted by Gasteiger charge is -2.35. The van der Waals surface area contributed by atoms with Gasteiger partial charge in [0.15, 0.2) is 0 Å². The summed E-state index contributed by atoms with van der Waals surface area (Å²) in [6.07, 6.45) is 4.13. The van der Waals surface area contributed by atoms with Crippen LogP contribution in [0.4, 0.5) is 5.69 Å². The van der Waals surface area contributed by atoms with Gasteiger partial charge in [-0.25, -0.2) is 12.7 Å². The molecule has 0 saturated carbocycles. The van der Waals surface area contributed by atoms with Gasteiger partial charge in [0, 0.05) is 19.8 Å². The molecule has 0 aliphatic carbocycles. The Kier molecular flexibility index (Phi) is 8.39. The summed E-state index contributed by atoms with van der Waals surface area (Å²) in [5, 5.41) is 12.4. The van der Waals surface area contributed by atoms with Gasteiger partial charge in [-0.3, -0.25) is 9.69 Å². The standard InChI is InChI=1S/C24H32ClN3O4S/c1-17(24(30)26-20-8-11-22(25)23(16-20)33(31,32)27(2)3)28-14-12-19(13-15-28)5-4-18-6-9-21(29)10-7-18/h6-11,16-17,19,29H,4-5,12-15H2,1-3H3,(H,26,30). The van der Waals surface area contributed by atoms with E-state index < -0.39 is 10.0 Å². The summed E-state index contributed by atoms with van der Waals surface area (Å²) in [6, 6.07) is 11.5. The van der Waals surface area contributed by atoms with Crippen molar-refractivity contribution in [2.75, 3.05) is 32.5 Å². The topological polar surface area (TPSA) is 90.0 Å². The number of carbonyl (C=O) groups is 1. The largest absolute Gasteiger partial charge is 0.508 e. The molecule has 2 aromatic carbocycles. The zero-order valence-corrected chi connectivity index (χ0v) is 20.9. The third-order valence-corrected chi connectivity index (χ3v) is 8.61. The van der Waals surface area contributed by atoms with Gasteiger partial charge in [0.2, 0.25) is 15.9 Å². The second-order valence-corrected chi connectivity index (χ2v) is 11.3. The lowest BCUT2D eigenvalue weighted by molar-refractivity contribution is -0.121. The average Bonchev–Trinajstić information content (AvgIpc) is 2.79. The summed E-state index contributed by atoms with van der Waals surface area (Å²) in [4.78, 5) is 15.0. The van der Waals surface area contributed by atoms with Gasteiger partial charge < -0.3 is 10.4 Å². The first kappa shape index (κ1) is 25.5. The predicted molar refractivity (Wildman–Crippen MR) is 131 cm³/mol. The number of carbonyl (C=O) groups excluding carboxylic acids is 1. The van der Waals surface area contributed by atoms with Gasteiger partial charge in [0.1, 0.15) is 10.6 Å². The fourth-order valence-electron chi connectivity index (χ4n) is 4.05. The summed E-state index contributed by atoms with van der Waals surface area (Å²) in [5.74, 6) is 0.724. The van der Waals surface area contributed by atoms with Crippen LogP contribution in [0, 0.1) is 5.92 Å². The number of phenols is 1. The SMILES string of the molecule is CC(C(=O)Nc1ccc(Cl)c(S(=O)(=O)N(C)C)c1)N1CCC(CCc2ccc(O)cc2)CC1. The van der Waals surface area contributed by atoms with E-state index in [1.54, 1.807) is 18.2 Å². The van der Waals surface area contributed by atoms with Gasteiger partial charge in [-0.15, -0.1) is 0 Å². The average molecular weight is 494 g/mol. The number of sulfonamides is 1. The Balaban J connectivity index is 1.53. The normalized spacial score (nSPS) is 16.6. The fraction of sp³-hybridized carbons (Fsp3) is 0.458. The van der Waals surface area contributed by atoms with Crippen LogP contribution in [0.3, 0.4) is 0 Å². The van der Waals surface area contributed by atoms with Gasteiger partial charge in [-0.1, -0.05) is 23.7 Å². The first-order valence-corrected chi connectivity index (χ1v) is 12.9. The number of halogens is 1. The maximum atomic E-state index is 12.8. The summed E-state index contributed by atoms with van der Waals surface area (Å²) < 4.78 is 26.0. The molecule has 1 aliphatic heterocycles. The second kappa shape index (κ2) is 10.9. The number of benzene rings is 2. The molecule has 0 aromatic heterocycles. The van der Waals surface area contributed by atoms with Crippen molar-refractivity contribution in [1.82, 2.24) is 9.21 Å². The van der Waals surface area contributed by atoms with Gasteiger partial charge >= 0.3 is 0 Å². The van der Waals surface area contributed by atoms with Crippen LogP contribution in [0.15, 0.2) is 47.4 Å². The quantitative estimate of drug-likeness (QED) is 0.580. The Labute approximate surface area is 201 Å². The molecule has 1 saturated heterocycles. The molecule has 2 aromatic rings. The van der Waals surface area contributed by atoms with Crippen LogP contribution in [0.25, 0.3) is 0 Å². The smallest absolute Gasteiger partial charge is 0.244 e. The number of amides is 1. The van der Waals surface area contributed by atoms with Gasteiger partial charge in [-0.05, 0) is 87.5 Å². The molecule has 0 radical (unpaired) electrons. The number of hydrogen-bond donors (Lipinski definition) is 2. The number of likely N-dealkylation sites (tertiary alicyclic amines) is 1. The molecule has 0 bridgehead atoms. The van der Waals surface area contributed by atoms with Crippen molar-refractivity contribution >= 4 is 33.2 Å². The third-order valence-electron chi connectivity index (χ3n) is 6.31. The lowest BCUT2D eigenvalue weighted by Crippen LogP contribution is -2.46. The van der Waals surface area contributed by atoms with Crippen molar-refractivity contribution in [2.24, 2.45) is 5.92 Å². The molecular formula is C24H32ClN3O4S. The number of rotatable bonds is 8. The van der Waals surface area contributed by atoms with E-state index >= 15 is 0 Å². The number of nitrogens with one attached hydrogen (secondary N) is 1. The van der Waals surface area contributed by atoms with Gasteiger partial charge in [0.25, 0.3) is 0 Å². The minimum absolute atomic E-state index is 0.0333. The highest BCUT2D eigenvalue weighted by atomic mass is 35.5. The molecule has 180 valence electrons. The molecule has 1 atom stereocenters. The van der Waals surface area contributed by atoms with E-state index in [4.69, 9.17) is 11.6 Å². The number of hydrogen-bond acceptors (Lipinski definition) is 5. The lowest BCUT2D eigenvalue weighted by atomic mass is 9.90. The monoisotopic (exact) mass is 493 g/mol. The Morgan fingerprint density at radius 3 is 2.42 bits per heavy atom. The maximum absolute atomic E-state index is 12.8. The number of anilines is 1. The molecule has 1 aliphatic rings.